The molecule has 1 aliphatic rings. The second kappa shape index (κ2) is 5.81. The van der Waals surface area contributed by atoms with Crippen LogP contribution >= 0.6 is 0 Å². The fraction of sp³-hybridized carbons (Fsp3) is 0.800. The van der Waals surface area contributed by atoms with Crippen LogP contribution in [0.5, 0.6) is 0 Å². The van der Waals surface area contributed by atoms with Crippen molar-refractivity contribution in [2.24, 2.45) is 0 Å². The largest absolute Gasteiger partial charge is 0.407 e. The highest BCUT2D eigenvalue weighted by atomic mass is 16.5. The third kappa shape index (κ3) is 3.18. The predicted octanol–water partition coefficient (Wildman–Crippen LogP) is 0.770. The molecule has 2 heterocycles. The standard InChI is InChI=1S/C10H18N4O2/c1-2-11-7-9-13-14-10(16-9)12-8-3-5-15-6-4-8/h8,11H,2-7H2,1H3,(H,12,14). The van der Waals surface area contributed by atoms with E-state index in [0.29, 0.717) is 24.5 Å². The summed E-state index contributed by atoms with van der Waals surface area (Å²) in [5.74, 6) is 0.622. The van der Waals surface area contributed by atoms with Crippen molar-refractivity contribution in [3.63, 3.8) is 0 Å². The number of nitrogens with one attached hydrogen (secondary N) is 2. The van der Waals surface area contributed by atoms with Crippen molar-refractivity contribution in [3.8, 4) is 0 Å². The van der Waals surface area contributed by atoms with E-state index < -0.39 is 0 Å². The second-order valence-electron chi connectivity index (χ2n) is 3.81. The normalized spacial score (nSPS) is 17.6. The van der Waals surface area contributed by atoms with Gasteiger partial charge in [0, 0.05) is 19.3 Å². The summed E-state index contributed by atoms with van der Waals surface area (Å²) in [6.45, 7) is 5.16. The number of nitrogens with zero attached hydrogens (tertiary/aromatic N) is 2. The molecule has 2 rings (SSSR count). The highest BCUT2D eigenvalue weighted by Gasteiger charge is 2.16. The Kier molecular flexibility index (Phi) is 4.12. The molecule has 0 atom stereocenters. The molecule has 1 aromatic rings. The van der Waals surface area contributed by atoms with E-state index in [4.69, 9.17) is 9.15 Å². The van der Waals surface area contributed by atoms with Gasteiger partial charge >= 0.3 is 6.01 Å². The molecule has 16 heavy (non-hydrogen) atoms. The van der Waals surface area contributed by atoms with Crippen LogP contribution in [0.25, 0.3) is 0 Å². The van der Waals surface area contributed by atoms with E-state index in [1.165, 1.54) is 0 Å². The number of ether oxygens (including phenoxy) is 1. The van der Waals surface area contributed by atoms with E-state index in [-0.39, 0.29) is 0 Å². The number of aromatic nitrogens is 2. The van der Waals surface area contributed by atoms with Crippen molar-refractivity contribution in [2.45, 2.75) is 32.4 Å². The summed E-state index contributed by atoms with van der Waals surface area (Å²) in [7, 11) is 0. The maximum atomic E-state index is 5.45. The minimum Gasteiger partial charge on any atom is -0.407 e. The van der Waals surface area contributed by atoms with Crippen molar-refractivity contribution in [1.82, 2.24) is 15.5 Å². The van der Waals surface area contributed by atoms with E-state index in [1.807, 2.05) is 6.92 Å². The first-order valence-electron chi connectivity index (χ1n) is 5.76. The molecule has 0 aromatic carbocycles. The second-order valence-corrected chi connectivity index (χ2v) is 3.81. The van der Waals surface area contributed by atoms with Crippen LogP contribution < -0.4 is 10.6 Å². The average Bonchev–Trinajstić information content (AvgIpc) is 2.75. The zero-order chi connectivity index (χ0) is 11.2. The third-order valence-corrected chi connectivity index (χ3v) is 2.54. The number of anilines is 1. The van der Waals surface area contributed by atoms with Crippen LogP contribution in [-0.2, 0) is 11.3 Å². The Balaban J connectivity index is 1.81. The summed E-state index contributed by atoms with van der Waals surface area (Å²) in [4.78, 5) is 0. The fourth-order valence-corrected chi connectivity index (χ4v) is 1.63. The molecule has 1 aliphatic heterocycles. The number of hydrogen-bond donors (Lipinski definition) is 2. The zero-order valence-electron chi connectivity index (χ0n) is 9.53. The molecule has 1 fully saturated rings. The van der Waals surface area contributed by atoms with Gasteiger partial charge in [0.1, 0.15) is 0 Å². The van der Waals surface area contributed by atoms with Gasteiger partial charge in [-0.15, -0.1) is 5.10 Å². The molecule has 0 bridgehead atoms. The molecular formula is C10H18N4O2. The lowest BCUT2D eigenvalue weighted by Gasteiger charge is -2.21. The summed E-state index contributed by atoms with van der Waals surface area (Å²) in [5.41, 5.74) is 0. The van der Waals surface area contributed by atoms with Crippen LogP contribution in [-0.4, -0.2) is 36.0 Å². The quantitative estimate of drug-likeness (QED) is 0.772. The van der Waals surface area contributed by atoms with E-state index in [1.54, 1.807) is 0 Å². The van der Waals surface area contributed by atoms with E-state index in [9.17, 15) is 0 Å². The molecule has 1 saturated heterocycles. The first-order chi connectivity index (χ1) is 7.88. The lowest BCUT2D eigenvalue weighted by molar-refractivity contribution is 0.0899. The molecule has 6 heteroatoms. The van der Waals surface area contributed by atoms with E-state index in [0.717, 1.165) is 32.6 Å². The summed E-state index contributed by atoms with van der Waals surface area (Å²) < 4.78 is 10.7. The summed E-state index contributed by atoms with van der Waals surface area (Å²) in [6, 6.07) is 0.904. The van der Waals surface area contributed by atoms with Gasteiger partial charge in [0.25, 0.3) is 0 Å². The van der Waals surface area contributed by atoms with Crippen LogP contribution in [0.15, 0.2) is 4.42 Å². The lowest BCUT2D eigenvalue weighted by Crippen LogP contribution is -2.27. The molecule has 0 saturated carbocycles. The summed E-state index contributed by atoms with van der Waals surface area (Å²) in [6.07, 6.45) is 1.98. The van der Waals surface area contributed by atoms with Crippen LogP contribution in [0, 0.1) is 0 Å². The van der Waals surface area contributed by atoms with Gasteiger partial charge in [-0.3, -0.25) is 0 Å². The Labute approximate surface area is 94.8 Å². The molecule has 0 aliphatic carbocycles. The Morgan fingerprint density at radius 3 is 2.88 bits per heavy atom. The Morgan fingerprint density at radius 1 is 1.31 bits per heavy atom. The van der Waals surface area contributed by atoms with Crippen LogP contribution in [0.3, 0.4) is 0 Å². The molecule has 0 spiro atoms. The first-order valence-corrected chi connectivity index (χ1v) is 5.76. The molecule has 0 unspecified atom stereocenters. The fourth-order valence-electron chi connectivity index (χ4n) is 1.63. The monoisotopic (exact) mass is 226 g/mol. The van der Waals surface area contributed by atoms with Crippen molar-refractivity contribution >= 4 is 6.01 Å². The maximum absolute atomic E-state index is 5.45. The van der Waals surface area contributed by atoms with Gasteiger partial charge in [-0.05, 0) is 19.4 Å². The molecule has 6 nitrogen and oxygen atoms in total. The molecule has 1 aromatic heterocycles. The molecule has 90 valence electrons. The molecular weight excluding hydrogens is 208 g/mol. The van der Waals surface area contributed by atoms with Crippen LogP contribution in [0.4, 0.5) is 6.01 Å². The third-order valence-electron chi connectivity index (χ3n) is 2.54. The SMILES string of the molecule is CCNCc1nnc(NC2CCOCC2)o1. The smallest absolute Gasteiger partial charge is 0.315 e. The van der Waals surface area contributed by atoms with E-state index in [2.05, 4.69) is 20.8 Å². The minimum atomic E-state index is 0.390. The van der Waals surface area contributed by atoms with Gasteiger partial charge in [0.05, 0.1) is 6.54 Å². The average molecular weight is 226 g/mol. The Morgan fingerprint density at radius 2 is 2.12 bits per heavy atom. The van der Waals surface area contributed by atoms with Gasteiger partial charge in [0.15, 0.2) is 0 Å². The van der Waals surface area contributed by atoms with Crippen LogP contribution in [0.1, 0.15) is 25.7 Å². The maximum Gasteiger partial charge on any atom is 0.315 e. The van der Waals surface area contributed by atoms with Gasteiger partial charge in [-0.25, -0.2) is 0 Å². The minimum absolute atomic E-state index is 0.390. The molecule has 0 radical (unpaired) electrons. The lowest BCUT2D eigenvalue weighted by atomic mass is 10.1. The number of hydrogen-bond acceptors (Lipinski definition) is 6. The highest BCUT2D eigenvalue weighted by molar-refractivity contribution is 5.19. The molecule has 2 N–H and O–H groups in total. The number of rotatable bonds is 5. The summed E-state index contributed by atoms with van der Waals surface area (Å²) >= 11 is 0. The highest BCUT2D eigenvalue weighted by Crippen LogP contribution is 2.13. The Bertz CT molecular complexity index is 310. The van der Waals surface area contributed by atoms with E-state index >= 15 is 0 Å². The van der Waals surface area contributed by atoms with Gasteiger partial charge in [-0.1, -0.05) is 12.0 Å². The topological polar surface area (TPSA) is 72.2 Å². The molecule has 0 amide bonds. The van der Waals surface area contributed by atoms with Crippen LogP contribution in [0.2, 0.25) is 0 Å². The van der Waals surface area contributed by atoms with Crippen molar-refractivity contribution in [3.05, 3.63) is 5.89 Å². The van der Waals surface area contributed by atoms with Crippen molar-refractivity contribution < 1.29 is 9.15 Å². The van der Waals surface area contributed by atoms with Gasteiger partial charge in [0.2, 0.25) is 5.89 Å². The van der Waals surface area contributed by atoms with Gasteiger partial charge in [-0.2, -0.15) is 0 Å². The van der Waals surface area contributed by atoms with Gasteiger partial charge < -0.3 is 19.8 Å². The van der Waals surface area contributed by atoms with Crippen molar-refractivity contribution in [2.75, 3.05) is 25.1 Å². The predicted molar refractivity (Wildman–Crippen MR) is 59.1 cm³/mol. The Hall–Kier alpha value is -1.14. The zero-order valence-corrected chi connectivity index (χ0v) is 9.53. The summed E-state index contributed by atoms with van der Waals surface area (Å²) in [5, 5.41) is 14.3. The van der Waals surface area contributed by atoms with Crippen molar-refractivity contribution in [1.29, 1.82) is 0 Å². The first kappa shape index (κ1) is 11.3.